The number of nitrogens with zero attached hydrogens (tertiary/aromatic N) is 1. The van der Waals surface area contributed by atoms with Crippen molar-refractivity contribution in [3.8, 4) is 12.3 Å². The van der Waals surface area contributed by atoms with Gasteiger partial charge in [-0.05, 0) is 12.2 Å². The monoisotopic (exact) mass is 524 g/mol. The van der Waals surface area contributed by atoms with Crippen molar-refractivity contribution in [2.45, 2.75) is 24.0 Å². The van der Waals surface area contributed by atoms with Crippen molar-refractivity contribution in [2.75, 3.05) is 6.61 Å². The molecule has 1 aliphatic heterocycles. The minimum atomic E-state index is -5.78. The third-order valence-corrected chi connectivity index (χ3v) is 7.75. The molecule has 2 rings (SSSR count). The lowest BCUT2D eigenvalue weighted by Crippen LogP contribution is -2.45. The lowest BCUT2D eigenvalue weighted by molar-refractivity contribution is -0.0914. The second kappa shape index (κ2) is 9.06. The Labute approximate surface area is 177 Å². The number of phosphoric acid groups is 3. The van der Waals surface area contributed by atoms with E-state index in [1.807, 2.05) is 5.92 Å². The highest BCUT2D eigenvalue weighted by molar-refractivity contribution is 7.71. The van der Waals surface area contributed by atoms with Crippen molar-refractivity contribution in [2.24, 2.45) is 0 Å². The van der Waals surface area contributed by atoms with E-state index in [0.29, 0.717) is 0 Å². The van der Waals surface area contributed by atoms with Crippen LogP contribution in [-0.2, 0) is 31.6 Å². The number of aromatic nitrogens is 2. The molecular weight excluding hydrogens is 509 g/mol. The normalized spacial score (nSPS) is 30.3. The molecule has 2 heterocycles. The molecule has 0 aromatic carbocycles. The van der Waals surface area contributed by atoms with E-state index in [1.54, 1.807) is 0 Å². The van der Waals surface area contributed by atoms with E-state index in [0.717, 1.165) is 16.8 Å². The third-order valence-electron chi connectivity index (χ3n) is 3.65. The maximum absolute atomic E-state index is 11.9. The number of rotatable bonds is 8. The summed E-state index contributed by atoms with van der Waals surface area (Å²) < 4.78 is 51.5. The van der Waals surface area contributed by atoms with Crippen LogP contribution in [0.25, 0.3) is 0 Å². The van der Waals surface area contributed by atoms with Gasteiger partial charge in [-0.1, -0.05) is 5.92 Å². The van der Waals surface area contributed by atoms with Crippen LogP contribution in [0.3, 0.4) is 0 Å². The highest BCUT2D eigenvalue weighted by Gasteiger charge is 2.56. The van der Waals surface area contributed by atoms with E-state index in [2.05, 4.69) is 18.1 Å². The van der Waals surface area contributed by atoms with Crippen LogP contribution in [0.4, 0.5) is 0 Å². The van der Waals surface area contributed by atoms with Gasteiger partial charge < -0.3 is 34.5 Å². The van der Waals surface area contributed by atoms with Crippen LogP contribution in [-0.4, -0.2) is 63.8 Å². The number of terminal acetylenes is 1. The van der Waals surface area contributed by atoms with Gasteiger partial charge in [0.25, 0.3) is 5.56 Å². The highest BCUT2D eigenvalue weighted by Crippen LogP contribution is 2.66. The van der Waals surface area contributed by atoms with Gasteiger partial charge in [-0.2, -0.15) is 8.62 Å². The summed E-state index contributed by atoms with van der Waals surface area (Å²) in [6, 6.07) is 1.01. The maximum atomic E-state index is 11.9. The molecule has 7 N–H and O–H groups in total. The first-order valence-corrected chi connectivity index (χ1v) is 12.6. The molecular formula is C11H15N2O14P3S. The zero-order chi connectivity index (χ0) is 23.8. The van der Waals surface area contributed by atoms with Gasteiger partial charge in [0.05, 0.1) is 0 Å². The quantitative estimate of drug-likeness (QED) is 0.121. The Morgan fingerprint density at radius 3 is 2.35 bits per heavy atom. The van der Waals surface area contributed by atoms with Gasteiger partial charge in [-0.3, -0.25) is 18.9 Å². The number of aliphatic hydroxyl groups excluding tert-OH is 2. The van der Waals surface area contributed by atoms with E-state index >= 15 is 0 Å². The summed E-state index contributed by atoms with van der Waals surface area (Å²) in [5.41, 5.74) is -2.91. The van der Waals surface area contributed by atoms with Crippen LogP contribution >= 0.6 is 35.7 Å². The van der Waals surface area contributed by atoms with Gasteiger partial charge in [0.1, 0.15) is 18.8 Å². The summed E-state index contributed by atoms with van der Waals surface area (Å²) in [6.07, 6.45) is 1.15. The lowest BCUT2D eigenvalue weighted by Gasteiger charge is -2.27. The van der Waals surface area contributed by atoms with Crippen LogP contribution in [0.1, 0.15) is 6.23 Å². The fourth-order valence-electron chi connectivity index (χ4n) is 2.40. The number of hydrogen-bond donors (Lipinski definition) is 7. The highest BCUT2D eigenvalue weighted by atomic mass is 32.1. The summed E-state index contributed by atoms with van der Waals surface area (Å²) in [4.78, 5) is 49.2. The summed E-state index contributed by atoms with van der Waals surface area (Å²) in [5, 5.41) is 20.6. The van der Waals surface area contributed by atoms with Crippen molar-refractivity contribution in [3.63, 3.8) is 0 Å². The molecule has 1 aromatic heterocycles. The third kappa shape index (κ3) is 6.48. The summed E-state index contributed by atoms with van der Waals surface area (Å²) in [6.45, 7) is -1.22. The zero-order valence-corrected chi connectivity index (χ0v) is 18.3. The van der Waals surface area contributed by atoms with E-state index in [9.17, 15) is 33.6 Å². The Bertz CT molecular complexity index is 1140. The standard InChI is InChI=1S/C11H15N2O14P3S/c1-2-11(5-24-29(20,21)27-30(22,23)26-28(17,18)19)8(16)7(15)9(25-11)13-4-3-6(14)12-10(13)31/h1,3-4,7-9,15-16H,5H2,(H,20,21)(H,22,23)(H,12,14,31)(H2,17,18,19)/t7?,8-,9-,11-/m1/s1. The molecule has 0 spiro atoms. The van der Waals surface area contributed by atoms with Crippen molar-refractivity contribution in [1.82, 2.24) is 9.55 Å². The summed E-state index contributed by atoms with van der Waals surface area (Å²) >= 11 is 4.92. The fraction of sp³-hybridized carbons (Fsp3) is 0.455. The number of phosphoric ester groups is 1. The molecule has 1 aliphatic rings. The van der Waals surface area contributed by atoms with Gasteiger partial charge >= 0.3 is 23.5 Å². The average Bonchev–Trinajstić information content (AvgIpc) is 2.82. The van der Waals surface area contributed by atoms with Crippen LogP contribution in [0.15, 0.2) is 17.1 Å². The van der Waals surface area contributed by atoms with Crippen LogP contribution in [0.5, 0.6) is 0 Å². The topological polar surface area (TPSA) is 247 Å². The largest absolute Gasteiger partial charge is 0.490 e. The van der Waals surface area contributed by atoms with Crippen molar-refractivity contribution < 1.29 is 61.4 Å². The molecule has 1 fully saturated rings. The van der Waals surface area contributed by atoms with Gasteiger partial charge in [-0.25, -0.2) is 13.7 Å². The molecule has 1 aromatic rings. The Morgan fingerprint density at radius 2 is 1.84 bits per heavy atom. The number of ether oxygens (including phenoxy) is 1. The Balaban J connectivity index is 2.22. The summed E-state index contributed by atoms with van der Waals surface area (Å²) in [5.74, 6) is 1.91. The van der Waals surface area contributed by atoms with Gasteiger partial charge in [0.2, 0.25) is 0 Å². The second-order valence-corrected chi connectivity index (χ2v) is 10.7. The average molecular weight is 524 g/mol. The first-order chi connectivity index (χ1) is 14.0. The zero-order valence-electron chi connectivity index (χ0n) is 14.8. The molecule has 0 radical (unpaired) electrons. The maximum Gasteiger partial charge on any atom is 0.490 e. The van der Waals surface area contributed by atoms with Crippen molar-refractivity contribution in [1.29, 1.82) is 0 Å². The fourth-order valence-corrected chi connectivity index (χ4v) is 5.71. The molecule has 0 saturated carbocycles. The molecule has 20 heteroatoms. The molecule has 174 valence electrons. The first-order valence-electron chi connectivity index (χ1n) is 7.62. The van der Waals surface area contributed by atoms with E-state index in [-0.39, 0.29) is 4.77 Å². The number of H-pyrrole nitrogens is 1. The van der Waals surface area contributed by atoms with Crippen LogP contribution in [0, 0.1) is 17.1 Å². The molecule has 31 heavy (non-hydrogen) atoms. The predicted octanol–water partition coefficient (Wildman–Crippen LogP) is -1.13. The molecule has 1 saturated heterocycles. The predicted molar refractivity (Wildman–Crippen MR) is 99.4 cm³/mol. The molecule has 0 aliphatic carbocycles. The SMILES string of the molecule is C#C[C@]1(COP(=O)(O)OP(=O)(O)OP(=O)(O)O)O[C@@H](n2ccc(=O)[nH]c2=S)C(O)[C@H]1O. The van der Waals surface area contributed by atoms with E-state index in [1.165, 1.54) is 0 Å². The molecule has 6 atom stereocenters. The minimum absolute atomic E-state index is 0.232. The minimum Gasteiger partial charge on any atom is -0.386 e. The first kappa shape index (κ1) is 26.2. The number of aromatic amines is 1. The molecule has 0 bridgehead atoms. The van der Waals surface area contributed by atoms with Gasteiger partial charge in [0.15, 0.2) is 16.6 Å². The summed E-state index contributed by atoms with van der Waals surface area (Å²) in [7, 11) is -17.0. The van der Waals surface area contributed by atoms with E-state index < -0.39 is 59.7 Å². The smallest absolute Gasteiger partial charge is 0.386 e. The Kier molecular flexibility index (Phi) is 7.66. The van der Waals surface area contributed by atoms with Crippen LogP contribution in [0.2, 0.25) is 0 Å². The van der Waals surface area contributed by atoms with Crippen LogP contribution < -0.4 is 5.56 Å². The molecule has 0 amide bonds. The number of nitrogens with one attached hydrogen (secondary N) is 1. The van der Waals surface area contributed by atoms with Crippen molar-refractivity contribution >= 4 is 35.7 Å². The van der Waals surface area contributed by atoms with Crippen molar-refractivity contribution in [3.05, 3.63) is 27.4 Å². The van der Waals surface area contributed by atoms with Gasteiger partial charge in [-0.15, -0.1) is 6.42 Å². The Morgan fingerprint density at radius 1 is 1.23 bits per heavy atom. The van der Waals surface area contributed by atoms with Gasteiger partial charge in [0, 0.05) is 12.3 Å². The lowest BCUT2D eigenvalue weighted by atomic mass is 9.97. The Hall–Kier alpha value is -1.05. The molecule has 16 nitrogen and oxygen atoms in total. The molecule has 3 unspecified atom stereocenters. The number of hydrogen-bond acceptors (Lipinski definition) is 11. The van der Waals surface area contributed by atoms with E-state index in [4.69, 9.17) is 38.1 Å². The second-order valence-electron chi connectivity index (χ2n) is 5.86. The number of aliphatic hydroxyl groups is 2.